The Morgan fingerprint density at radius 3 is 2.75 bits per heavy atom. The van der Waals surface area contributed by atoms with Crippen LogP contribution in [-0.4, -0.2) is 55.5 Å². The van der Waals surface area contributed by atoms with Gasteiger partial charge in [-0.15, -0.1) is 0 Å². The first-order chi connectivity index (χ1) is 9.65. The van der Waals surface area contributed by atoms with E-state index in [1.807, 2.05) is 6.07 Å². The Labute approximate surface area is 116 Å². The SMILES string of the molecule is CO[C@H]1O[C@H](COC(=O)c2ccccc2)[C@@]2(O)CO[C@@H]12. The first kappa shape index (κ1) is 13.5. The summed E-state index contributed by atoms with van der Waals surface area (Å²) in [7, 11) is 1.48. The lowest BCUT2D eigenvalue weighted by Crippen LogP contribution is -2.63. The van der Waals surface area contributed by atoms with Crippen LogP contribution < -0.4 is 0 Å². The van der Waals surface area contributed by atoms with Crippen LogP contribution in [0, 0.1) is 0 Å². The van der Waals surface area contributed by atoms with Crippen molar-refractivity contribution in [2.24, 2.45) is 0 Å². The fourth-order valence-corrected chi connectivity index (χ4v) is 2.46. The summed E-state index contributed by atoms with van der Waals surface area (Å²) in [5.74, 6) is -0.449. The Bertz CT molecular complexity index is 490. The molecule has 2 saturated heterocycles. The smallest absolute Gasteiger partial charge is 0.338 e. The first-order valence-corrected chi connectivity index (χ1v) is 6.39. The summed E-state index contributed by atoms with van der Waals surface area (Å²) in [6, 6.07) is 8.67. The molecule has 1 aromatic rings. The van der Waals surface area contributed by atoms with Crippen molar-refractivity contribution in [2.75, 3.05) is 20.3 Å². The van der Waals surface area contributed by atoms with E-state index in [-0.39, 0.29) is 13.2 Å². The number of hydrogen-bond acceptors (Lipinski definition) is 6. The van der Waals surface area contributed by atoms with Gasteiger partial charge in [-0.05, 0) is 12.1 Å². The van der Waals surface area contributed by atoms with E-state index in [2.05, 4.69) is 0 Å². The van der Waals surface area contributed by atoms with Crippen LogP contribution in [0.4, 0.5) is 0 Å². The van der Waals surface area contributed by atoms with Gasteiger partial charge < -0.3 is 24.1 Å². The van der Waals surface area contributed by atoms with E-state index in [4.69, 9.17) is 18.9 Å². The van der Waals surface area contributed by atoms with Crippen molar-refractivity contribution in [3.63, 3.8) is 0 Å². The van der Waals surface area contributed by atoms with E-state index in [1.54, 1.807) is 24.3 Å². The summed E-state index contributed by atoms with van der Waals surface area (Å²) < 4.78 is 21.0. The van der Waals surface area contributed by atoms with E-state index in [9.17, 15) is 9.90 Å². The highest BCUT2D eigenvalue weighted by atomic mass is 16.7. The highest BCUT2D eigenvalue weighted by Crippen LogP contribution is 2.41. The third kappa shape index (κ3) is 2.10. The molecule has 0 bridgehead atoms. The molecule has 0 radical (unpaired) electrons. The van der Waals surface area contributed by atoms with Crippen molar-refractivity contribution >= 4 is 5.97 Å². The van der Waals surface area contributed by atoms with Gasteiger partial charge in [0.15, 0.2) is 6.29 Å². The van der Waals surface area contributed by atoms with Crippen molar-refractivity contribution in [3.05, 3.63) is 35.9 Å². The maximum Gasteiger partial charge on any atom is 0.338 e. The van der Waals surface area contributed by atoms with E-state index >= 15 is 0 Å². The number of rotatable bonds is 4. The Morgan fingerprint density at radius 1 is 1.45 bits per heavy atom. The van der Waals surface area contributed by atoms with Gasteiger partial charge in [-0.25, -0.2) is 4.79 Å². The van der Waals surface area contributed by atoms with Crippen LogP contribution >= 0.6 is 0 Å². The number of carbonyl (C=O) groups excluding carboxylic acids is 1. The lowest BCUT2D eigenvalue weighted by atomic mass is 9.89. The van der Waals surface area contributed by atoms with Crippen molar-refractivity contribution in [1.82, 2.24) is 0 Å². The van der Waals surface area contributed by atoms with Crippen LogP contribution in [0.1, 0.15) is 10.4 Å². The topological polar surface area (TPSA) is 74.2 Å². The molecule has 1 aromatic carbocycles. The van der Waals surface area contributed by atoms with E-state index in [1.165, 1.54) is 7.11 Å². The van der Waals surface area contributed by atoms with Gasteiger partial charge in [0.25, 0.3) is 0 Å². The molecule has 1 N–H and O–H groups in total. The van der Waals surface area contributed by atoms with Gasteiger partial charge in [0.1, 0.15) is 24.4 Å². The third-order valence-electron chi connectivity index (χ3n) is 3.70. The van der Waals surface area contributed by atoms with Crippen LogP contribution in [0.2, 0.25) is 0 Å². The van der Waals surface area contributed by atoms with E-state index in [0.717, 1.165) is 0 Å². The Morgan fingerprint density at radius 2 is 2.20 bits per heavy atom. The standard InChI is InChI=1S/C14H16O6/c1-17-13-11-14(16,8-19-11)10(20-13)7-18-12(15)9-5-3-2-4-6-9/h2-6,10-11,13,16H,7-8H2,1H3/t10-,11+,13+,14+/m1/s1. The summed E-state index contributed by atoms with van der Waals surface area (Å²) in [5, 5.41) is 10.4. The molecule has 20 heavy (non-hydrogen) atoms. The average molecular weight is 280 g/mol. The fraction of sp³-hybridized carbons (Fsp3) is 0.500. The largest absolute Gasteiger partial charge is 0.459 e. The van der Waals surface area contributed by atoms with Crippen molar-refractivity contribution in [2.45, 2.75) is 24.1 Å². The molecule has 2 aliphatic rings. The fourth-order valence-electron chi connectivity index (χ4n) is 2.46. The maximum absolute atomic E-state index is 11.8. The van der Waals surface area contributed by atoms with E-state index < -0.39 is 30.1 Å². The van der Waals surface area contributed by atoms with Crippen LogP contribution in [0.25, 0.3) is 0 Å². The van der Waals surface area contributed by atoms with Crippen LogP contribution in [0.5, 0.6) is 0 Å². The zero-order valence-electron chi connectivity index (χ0n) is 11.0. The summed E-state index contributed by atoms with van der Waals surface area (Å²) in [4.78, 5) is 11.8. The molecule has 0 amide bonds. The molecule has 2 heterocycles. The average Bonchev–Trinajstić information content (AvgIpc) is 2.66. The minimum Gasteiger partial charge on any atom is -0.459 e. The van der Waals surface area contributed by atoms with Gasteiger partial charge in [0.2, 0.25) is 0 Å². The summed E-state index contributed by atoms with van der Waals surface area (Å²) in [6.45, 7) is 0.120. The highest BCUT2D eigenvalue weighted by molar-refractivity contribution is 5.89. The quantitative estimate of drug-likeness (QED) is 0.802. The molecule has 0 saturated carbocycles. The second-order valence-corrected chi connectivity index (χ2v) is 4.92. The minimum atomic E-state index is -1.14. The zero-order valence-corrected chi connectivity index (χ0v) is 11.0. The number of ether oxygens (including phenoxy) is 4. The van der Waals surface area contributed by atoms with Crippen molar-refractivity contribution in [1.29, 1.82) is 0 Å². The van der Waals surface area contributed by atoms with Crippen LogP contribution in [0.15, 0.2) is 30.3 Å². The number of hydrogen-bond donors (Lipinski definition) is 1. The lowest BCUT2D eigenvalue weighted by Gasteiger charge is -2.41. The number of carbonyl (C=O) groups is 1. The molecule has 0 unspecified atom stereocenters. The number of methoxy groups -OCH3 is 1. The normalized spacial score (nSPS) is 35.2. The minimum absolute atomic E-state index is 0.0378. The number of esters is 1. The molecule has 2 aliphatic heterocycles. The van der Waals surface area contributed by atoms with Gasteiger partial charge in [-0.1, -0.05) is 18.2 Å². The molecule has 108 valence electrons. The Hall–Kier alpha value is -1.47. The summed E-state index contributed by atoms with van der Waals surface area (Å²) in [5.41, 5.74) is -0.681. The Kier molecular flexibility index (Phi) is 3.47. The Balaban J connectivity index is 1.60. The second-order valence-electron chi connectivity index (χ2n) is 4.92. The molecule has 0 aliphatic carbocycles. The monoisotopic (exact) mass is 280 g/mol. The predicted octanol–water partition coefficient (Wildman–Crippen LogP) is 0.345. The molecular formula is C14H16O6. The molecule has 4 atom stereocenters. The summed E-state index contributed by atoms with van der Waals surface area (Å²) in [6.07, 6.45) is -1.79. The molecule has 6 nitrogen and oxygen atoms in total. The van der Waals surface area contributed by atoms with Gasteiger partial charge in [0, 0.05) is 7.11 Å². The molecule has 6 heteroatoms. The molecule has 0 spiro atoms. The van der Waals surface area contributed by atoms with Crippen molar-refractivity contribution in [3.8, 4) is 0 Å². The number of fused-ring (bicyclic) bond motifs is 1. The van der Waals surface area contributed by atoms with Gasteiger partial charge in [-0.2, -0.15) is 0 Å². The zero-order chi connectivity index (χ0) is 14.2. The second kappa shape index (κ2) is 5.14. The van der Waals surface area contributed by atoms with Gasteiger partial charge in [-0.3, -0.25) is 0 Å². The van der Waals surface area contributed by atoms with Gasteiger partial charge in [0.05, 0.1) is 12.2 Å². The molecular weight excluding hydrogens is 264 g/mol. The lowest BCUT2D eigenvalue weighted by molar-refractivity contribution is -0.250. The number of aliphatic hydroxyl groups is 1. The maximum atomic E-state index is 11.8. The molecule has 2 fully saturated rings. The summed E-state index contributed by atoms with van der Waals surface area (Å²) >= 11 is 0. The van der Waals surface area contributed by atoms with Crippen molar-refractivity contribution < 1.29 is 28.8 Å². The third-order valence-corrected chi connectivity index (χ3v) is 3.70. The van der Waals surface area contributed by atoms with E-state index in [0.29, 0.717) is 5.56 Å². The highest BCUT2D eigenvalue weighted by Gasteiger charge is 2.64. The first-order valence-electron chi connectivity index (χ1n) is 6.39. The van der Waals surface area contributed by atoms with Crippen LogP contribution in [-0.2, 0) is 18.9 Å². The van der Waals surface area contributed by atoms with Crippen LogP contribution in [0.3, 0.4) is 0 Å². The number of benzene rings is 1. The predicted molar refractivity (Wildman–Crippen MR) is 67.1 cm³/mol. The molecule has 0 aromatic heterocycles. The molecule has 3 rings (SSSR count). The van der Waals surface area contributed by atoms with Gasteiger partial charge >= 0.3 is 5.97 Å².